The van der Waals surface area contributed by atoms with Crippen LogP contribution in [0.5, 0.6) is 0 Å². The van der Waals surface area contributed by atoms with Crippen LogP contribution in [0.15, 0.2) is 12.1 Å². The van der Waals surface area contributed by atoms with Crippen molar-refractivity contribution in [2.45, 2.75) is 13.0 Å². The fourth-order valence-corrected chi connectivity index (χ4v) is 1.07. The molecule has 0 fully saturated rings. The van der Waals surface area contributed by atoms with Crippen molar-refractivity contribution < 1.29 is 19.0 Å². The fourth-order valence-electron chi connectivity index (χ4n) is 1.07. The van der Waals surface area contributed by atoms with E-state index in [0.29, 0.717) is 0 Å². The van der Waals surface area contributed by atoms with E-state index in [1.165, 1.54) is 19.1 Å². The molecule has 0 amide bonds. The second kappa shape index (κ2) is 5.04. The Morgan fingerprint density at radius 2 is 2.00 bits per heavy atom. The van der Waals surface area contributed by atoms with Gasteiger partial charge in [0.05, 0.1) is 18.4 Å². The molecule has 15 heavy (non-hydrogen) atoms. The number of aliphatic hydroxyl groups excluding tert-OH is 2. The van der Waals surface area contributed by atoms with Gasteiger partial charge in [0.1, 0.15) is 0 Å². The third-order valence-corrected chi connectivity index (χ3v) is 2.01. The van der Waals surface area contributed by atoms with Crippen LogP contribution in [0, 0.1) is 18.6 Å². The highest BCUT2D eigenvalue weighted by atomic mass is 19.2. The minimum Gasteiger partial charge on any atom is -0.394 e. The summed E-state index contributed by atoms with van der Waals surface area (Å²) in [5.74, 6) is -1.88. The van der Waals surface area contributed by atoms with Gasteiger partial charge in [0.2, 0.25) is 0 Å². The van der Waals surface area contributed by atoms with E-state index in [9.17, 15) is 8.78 Å². The Morgan fingerprint density at radius 1 is 1.33 bits per heavy atom. The first-order valence-corrected chi connectivity index (χ1v) is 4.53. The highest BCUT2D eigenvalue weighted by Gasteiger charge is 2.11. The lowest BCUT2D eigenvalue weighted by molar-refractivity contribution is 0.105. The van der Waals surface area contributed by atoms with Crippen LogP contribution in [0.1, 0.15) is 5.56 Å². The molecule has 0 saturated carbocycles. The van der Waals surface area contributed by atoms with Gasteiger partial charge in [-0.05, 0) is 18.6 Å². The minimum absolute atomic E-state index is 0.0226. The topological polar surface area (TPSA) is 52.5 Å². The molecule has 0 aliphatic heterocycles. The van der Waals surface area contributed by atoms with E-state index in [4.69, 9.17) is 10.2 Å². The van der Waals surface area contributed by atoms with Crippen molar-refractivity contribution in [3.05, 3.63) is 29.3 Å². The molecular weight excluding hydrogens is 204 g/mol. The molecule has 0 heterocycles. The predicted molar refractivity (Wildman–Crippen MR) is 52.7 cm³/mol. The molecular formula is C10H13F2NO2. The van der Waals surface area contributed by atoms with Gasteiger partial charge >= 0.3 is 0 Å². The maximum absolute atomic E-state index is 13.2. The molecule has 1 rings (SSSR count). The highest BCUT2D eigenvalue weighted by Crippen LogP contribution is 2.19. The molecule has 5 heteroatoms. The van der Waals surface area contributed by atoms with Crippen LogP contribution >= 0.6 is 0 Å². The number of rotatable bonds is 4. The van der Waals surface area contributed by atoms with E-state index in [1.54, 1.807) is 0 Å². The van der Waals surface area contributed by atoms with Gasteiger partial charge in [-0.25, -0.2) is 8.78 Å². The van der Waals surface area contributed by atoms with Gasteiger partial charge in [-0.2, -0.15) is 0 Å². The fraction of sp³-hybridized carbons (Fsp3) is 0.400. The summed E-state index contributed by atoms with van der Waals surface area (Å²) in [6.07, 6.45) is -0.992. The molecule has 1 atom stereocenters. The van der Waals surface area contributed by atoms with Crippen molar-refractivity contribution in [1.82, 2.24) is 0 Å². The van der Waals surface area contributed by atoms with Crippen LogP contribution in [0.25, 0.3) is 0 Å². The van der Waals surface area contributed by atoms with Crippen molar-refractivity contribution in [3.63, 3.8) is 0 Å². The molecule has 3 N–H and O–H groups in total. The standard InChI is InChI=1S/C10H13F2NO2/c1-6-2-3-8(10(12)9(6)11)13-4-7(15)5-14/h2-3,7,13-15H,4-5H2,1H3. The predicted octanol–water partition coefficient (Wildman–Crippen LogP) is 1.04. The lowest BCUT2D eigenvalue weighted by atomic mass is 10.2. The first-order chi connectivity index (χ1) is 7.06. The monoisotopic (exact) mass is 217 g/mol. The summed E-state index contributed by atoms with van der Waals surface area (Å²) < 4.78 is 26.3. The Kier molecular flexibility index (Phi) is 3.99. The van der Waals surface area contributed by atoms with Gasteiger partial charge in [-0.3, -0.25) is 0 Å². The molecule has 0 radical (unpaired) electrons. The molecule has 3 nitrogen and oxygen atoms in total. The molecule has 0 aromatic heterocycles. The van der Waals surface area contributed by atoms with Crippen LogP contribution < -0.4 is 5.32 Å². The van der Waals surface area contributed by atoms with Crippen LogP contribution in [-0.2, 0) is 0 Å². The Morgan fingerprint density at radius 3 is 2.60 bits per heavy atom. The first-order valence-electron chi connectivity index (χ1n) is 4.53. The van der Waals surface area contributed by atoms with Gasteiger partial charge in [-0.15, -0.1) is 0 Å². The second-order valence-electron chi connectivity index (χ2n) is 3.28. The second-order valence-corrected chi connectivity index (χ2v) is 3.28. The molecule has 0 bridgehead atoms. The highest BCUT2D eigenvalue weighted by molar-refractivity contribution is 5.47. The van der Waals surface area contributed by atoms with E-state index in [-0.39, 0.29) is 17.8 Å². The average Bonchev–Trinajstić information content (AvgIpc) is 2.24. The summed E-state index contributed by atoms with van der Waals surface area (Å²) in [6, 6.07) is 2.82. The van der Waals surface area contributed by atoms with Gasteiger partial charge in [0.25, 0.3) is 0 Å². The molecule has 0 aliphatic rings. The molecule has 0 aliphatic carbocycles. The van der Waals surface area contributed by atoms with Gasteiger partial charge in [-0.1, -0.05) is 6.07 Å². The molecule has 84 valence electrons. The smallest absolute Gasteiger partial charge is 0.182 e. The van der Waals surface area contributed by atoms with E-state index in [1.807, 2.05) is 0 Å². The van der Waals surface area contributed by atoms with E-state index >= 15 is 0 Å². The minimum atomic E-state index is -0.992. The number of nitrogens with one attached hydrogen (secondary N) is 1. The van der Waals surface area contributed by atoms with Crippen molar-refractivity contribution >= 4 is 5.69 Å². The maximum Gasteiger partial charge on any atom is 0.182 e. The van der Waals surface area contributed by atoms with Crippen molar-refractivity contribution in [1.29, 1.82) is 0 Å². The Balaban J connectivity index is 2.74. The number of benzene rings is 1. The average molecular weight is 217 g/mol. The molecule has 0 spiro atoms. The lowest BCUT2D eigenvalue weighted by Gasteiger charge is -2.11. The Hall–Kier alpha value is -1.20. The zero-order chi connectivity index (χ0) is 11.4. The van der Waals surface area contributed by atoms with Gasteiger partial charge in [0.15, 0.2) is 11.6 Å². The number of hydrogen-bond donors (Lipinski definition) is 3. The zero-order valence-electron chi connectivity index (χ0n) is 8.30. The number of halogens is 2. The summed E-state index contributed by atoms with van der Waals surface area (Å²) in [5, 5.41) is 20.0. The van der Waals surface area contributed by atoms with E-state index in [0.717, 1.165) is 0 Å². The molecule has 1 aromatic carbocycles. The summed E-state index contributed by atoms with van der Waals surface area (Å²) in [7, 11) is 0. The Bertz CT molecular complexity index is 344. The SMILES string of the molecule is Cc1ccc(NCC(O)CO)c(F)c1F. The zero-order valence-corrected chi connectivity index (χ0v) is 8.30. The van der Waals surface area contributed by atoms with Crippen molar-refractivity contribution in [2.24, 2.45) is 0 Å². The Labute approximate surface area is 86.4 Å². The third-order valence-electron chi connectivity index (χ3n) is 2.01. The lowest BCUT2D eigenvalue weighted by Crippen LogP contribution is -2.23. The maximum atomic E-state index is 13.2. The van der Waals surface area contributed by atoms with Crippen molar-refractivity contribution in [2.75, 3.05) is 18.5 Å². The number of aliphatic hydroxyl groups is 2. The number of hydrogen-bond acceptors (Lipinski definition) is 3. The van der Waals surface area contributed by atoms with Gasteiger partial charge < -0.3 is 15.5 Å². The van der Waals surface area contributed by atoms with Crippen LogP contribution in [0.2, 0.25) is 0 Å². The molecule has 0 saturated heterocycles. The number of anilines is 1. The van der Waals surface area contributed by atoms with Crippen LogP contribution in [0.4, 0.5) is 14.5 Å². The van der Waals surface area contributed by atoms with E-state index < -0.39 is 24.3 Å². The summed E-state index contributed by atoms with van der Waals surface area (Å²) in [6.45, 7) is 1.00. The summed E-state index contributed by atoms with van der Waals surface area (Å²) in [4.78, 5) is 0. The summed E-state index contributed by atoms with van der Waals surface area (Å²) >= 11 is 0. The first kappa shape index (κ1) is 11.9. The number of aryl methyl sites for hydroxylation is 1. The van der Waals surface area contributed by atoms with Crippen LogP contribution in [-0.4, -0.2) is 29.5 Å². The largest absolute Gasteiger partial charge is 0.394 e. The quantitative estimate of drug-likeness (QED) is 0.706. The normalized spacial score (nSPS) is 12.6. The van der Waals surface area contributed by atoms with Crippen LogP contribution in [0.3, 0.4) is 0 Å². The van der Waals surface area contributed by atoms with Gasteiger partial charge in [0, 0.05) is 6.54 Å². The van der Waals surface area contributed by atoms with E-state index in [2.05, 4.69) is 5.32 Å². The molecule has 1 unspecified atom stereocenters. The summed E-state index contributed by atoms with van der Waals surface area (Å²) in [5.41, 5.74) is 0.200. The third kappa shape index (κ3) is 2.87. The molecule has 1 aromatic rings. The van der Waals surface area contributed by atoms with Crippen molar-refractivity contribution in [3.8, 4) is 0 Å².